The standard InChI is InChI=1S/C22H24N2O3/c1-4-24(13-17-7-5-6-15(2)10-17)14-18-11-22(26)27-21-12-19(23-16(3)25)8-9-20(18)21/h5-12H,4,13-14H2,1-3H3,(H,23,25). The summed E-state index contributed by atoms with van der Waals surface area (Å²) in [5.41, 5.74) is 4.11. The number of carbonyl (C=O) groups excluding carboxylic acids is 1. The molecule has 3 aromatic rings. The molecular formula is C22H24N2O3. The van der Waals surface area contributed by atoms with Crippen LogP contribution in [0.15, 0.2) is 57.7 Å². The number of nitrogens with one attached hydrogen (secondary N) is 1. The van der Waals surface area contributed by atoms with E-state index in [0.29, 0.717) is 17.8 Å². The zero-order chi connectivity index (χ0) is 19.4. The Bertz CT molecular complexity index is 1020. The number of nitrogens with zero attached hydrogens (tertiary/aromatic N) is 1. The predicted octanol–water partition coefficient (Wildman–Crippen LogP) is 4.08. The molecule has 0 aliphatic heterocycles. The van der Waals surface area contributed by atoms with Crippen molar-refractivity contribution >= 4 is 22.6 Å². The van der Waals surface area contributed by atoms with Gasteiger partial charge in [-0.1, -0.05) is 36.8 Å². The molecule has 0 fully saturated rings. The van der Waals surface area contributed by atoms with E-state index in [-0.39, 0.29) is 11.5 Å². The van der Waals surface area contributed by atoms with Crippen molar-refractivity contribution < 1.29 is 9.21 Å². The largest absolute Gasteiger partial charge is 0.423 e. The van der Waals surface area contributed by atoms with Crippen LogP contribution in [0.3, 0.4) is 0 Å². The maximum absolute atomic E-state index is 12.0. The lowest BCUT2D eigenvalue weighted by molar-refractivity contribution is -0.114. The fourth-order valence-corrected chi connectivity index (χ4v) is 3.23. The Balaban J connectivity index is 1.90. The fraction of sp³-hybridized carbons (Fsp3) is 0.273. The molecule has 140 valence electrons. The molecule has 0 aliphatic rings. The van der Waals surface area contributed by atoms with Gasteiger partial charge < -0.3 is 9.73 Å². The van der Waals surface area contributed by atoms with Crippen LogP contribution in [-0.4, -0.2) is 17.4 Å². The number of anilines is 1. The number of hydrogen-bond acceptors (Lipinski definition) is 4. The molecule has 0 radical (unpaired) electrons. The molecule has 1 N–H and O–H groups in total. The van der Waals surface area contributed by atoms with Gasteiger partial charge in [0.25, 0.3) is 0 Å². The molecule has 1 heterocycles. The molecule has 5 nitrogen and oxygen atoms in total. The summed E-state index contributed by atoms with van der Waals surface area (Å²) >= 11 is 0. The number of carbonyl (C=O) groups is 1. The fourth-order valence-electron chi connectivity index (χ4n) is 3.23. The quantitative estimate of drug-likeness (QED) is 0.670. The van der Waals surface area contributed by atoms with Crippen LogP contribution in [0.25, 0.3) is 11.0 Å². The van der Waals surface area contributed by atoms with Gasteiger partial charge in [0.15, 0.2) is 0 Å². The van der Waals surface area contributed by atoms with Crippen molar-refractivity contribution in [3.63, 3.8) is 0 Å². The van der Waals surface area contributed by atoms with E-state index in [0.717, 1.165) is 24.0 Å². The Hall–Kier alpha value is -2.92. The Labute approximate surface area is 158 Å². The zero-order valence-corrected chi connectivity index (χ0v) is 15.9. The number of hydrogen-bond donors (Lipinski definition) is 1. The van der Waals surface area contributed by atoms with Crippen molar-refractivity contribution in [2.45, 2.75) is 33.9 Å². The van der Waals surface area contributed by atoms with Gasteiger partial charge in [-0.25, -0.2) is 4.79 Å². The van der Waals surface area contributed by atoms with E-state index < -0.39 is 0 Å². The lowest BCUT2D eigenvalue weighted by atomic mass is 10.1. The summed E-state index contributed by atoms with van der Waals surface area (Å²) in [6.45, 7) is 7.96. The van der Waals surface area contributed by atoms with Gasteiger partial charge in [-0.15, -0.1) is 0 Å². The van der Waals surface area contributed by atoms with E-state index in [4.69, 9.17) is 4.42 Å². The van der Waals surface area contributed by atoms with E-state index in [1.54, 1.807) is 12.1 Å². The summed E-state index contributed by atoms with van der Waals surface area (Å²) < 4.78 is 5.35. The second-order valence-corrected chi connectivity index (χ2v) is 6.78. The topological polar surface area (TPSA) is 62.6 Å². The first-order chi connectivity index (χ1) is 12.9. The molecular weight excluding hydrogens is 340 g/mol. The molecule has 5 heteroatoms. The number of rotatable bonds is 6. The minimum Gasteiger partial charge on any atom is -0.423 e. The van der Waals surface area contributed by atoms with Gasteiger partial charge in [-0.2, -0.15) is 0 Å². The highest BCUT2D eigenvalue weighted by Gasteiger charge is 2.11. The van der Waals surface area contributed by atoms with Crippen molar-refractivity contribution in [2.24, 2.45) is 0 Å². The maximum atomic E-state index is 12.0. The van der Waals surface area contributed by atoms with E-state index in [1.807, 2.05) is 12.1 Å². The summed E-state index contributed by atoms with van der Waals surface area (Å²) in [5, 5.41) is 3.60. The average molecular weight is 364 g/mol. The minimum atomic E-state index is -0.385. The van der Waals surface area contributed by atoms with Crippen LogP contribution in [0.1, 0.15) is 30.5 Å². The van der Waals surface area contributed by atoms with E-state index in [1.165, 1.54) is 18.1 Å². The average Bonchev–Trinajstić information content (AvgIpc) is 2.60. The van der Waals surface area contributed by atoms with Crippen LogP contribution in [0.5, 0.6) is 0 Å². The third kappa shape index (κ3) is 4.83. The molecule has 0 unspecified atom stereocenters. The predicted molar refractivity (Wildman–Crippen MR) is 108 cm³/mol. The van der Waals surface area contributed by atoms with E-state index in [9.17, 15) is 9.59 Å². The molecule has 0 aliphatic carbocycles. The van der Waals surface area contributed by atoms with Gasteiger partial charge >= 0.3 is 5.63 Å². The summed E-state index contributed by atoms with van der Waals surface area (Å²) in [6, 6.07) is 15.4. The highest BCUT2D eigenvalue weighted by atomic mass is 16.4. The highest BCUT2D eigenvalue weighted by Crippen LogP contribution is 2.23. The Morgan fingerprint density at radius 2 is 1.93 bits per heavy atom. The molecule has 3 rings (SSSR count). The molecule has 0 saturated heterocycles. The second kappa shape index (κ2) is 8.18. The van der Waals surface area contributed by atoms with Crippen molar-refractivity contribution in [3.05, 3.63) is 75.6 Å². The van der Waals surface area contributed by atoms with E-state index >= 15 is 0 Å². The molecule has 0 bridgehead atoms. The lowest BCUT2D eigenvalue weighted by Crippen LogP contribution is -2.23. The van der Waals surface area contributed by atoms with Crippen LogP contribution in [0.4, 0.5) is 5.69 Å². The Morgan fingerprint density at radius 3 is 2.63 bits per heavy atom. The maximum Gasteiger partial charge on any atom is 0.336 e. The highest BCUT2D eigenvalue weighted by molar-refractivity contribution is 5.92. The van der Waals surface area contributed by atoms with Crippen molar-refractivity contribution in [3.8, 4) is 0 Å². The van der Waals surface area contributed by atoms with Crippen molar-refractivity contribution in [1.82, 2.24) is 4.90 Å². The van der Waals surface area contributed by atoms with Crippen molar-refractivity contribution in [2.75, 3.05) is 11.9 Å². The van der Waals surface area contributed by atoms with Gasteiger partial charge in [-0.05, 0) is 36.7 Å². The van der Waals surface area contributed by atoms with Gasteiger partial charge in [-0.3, -0.25) is 9.69 Å². The van der Waals surface area contributed by atoms with Crippen LogP contribution < -0.4 is 10.9 Å². The molecule has 0 atom stereocenters. The Kier molecular flexibility index (Phi) is 5.72. The van der Waals surface area contributed by atoms with Gasteiger partial charge in [0, 0.05) is 43.2 Å². The second-order valence-electron chi connectivity index (χ2n) is 6.78. The zero-order valence-electron chi connectivity index (χ0n) is 15.9. The van der Waals surface area contributed by atoms with Crippen LogP contribution in [0.2, 0.25) is 0 Å². The third-order valence-electron chi connectivity index (χ3n) is 4.48. The number of benzene rings is 2. The molecule has 1 amide bonds. The molecule has 1 aromatic heterocycles. The van der Waals surface area contributed by atoms with Crippen LogP contribution in [0, 0.1) is 6.92 Å². The van der Waals surface area contributed by atoms with Gasteiger partial charge in [0.05, 0.1) is 0 Å². The normalized spacial score (nSPS) is 11.1. The number of aryl methyl sites for hydroxylation is 1. The molecule has 0 spiro atoms. The van der Waals surface area contributed by atoms with Crippen molar-refractivity contribution in [1.29, 1.82) is 0 Å². The van der Waals surface area contributed by atoms with Crippen LogP contribution >= 0.6 is 0 Å². The number of fused-ring (bicyclic) bond motifs is 1. The summed E-state index contributed by atoms with van der Waals surface area (Å²) in [5.74, 6) is -0.164. The third-order valence-corrected chi connectivity index (χ3v) is 4.48. The van der Waals surface area contributed by atoms with E-state index in [2.05, 4.69) is 48.3 Å². The first kappa shape index (κ1) is 18.9. The lowest BCUT2D eigenvalue weighted by Gasteiger charge is -2.21. The smallest absolute Gasteiger partial charge is 0.336 e. The summed E-state index contributed by atoms with van der Waals surface area (Å²) in [4.78, 5) is 25.6. The van der Waals surface area contributed by atoms with Crippen LogP contribution in [-0.2, 0) is 17.9 Å². The monoisotopic (exact) mass is 364 g/mol. The van der Waals surface area contributed by atoms with Gasteiger partial charge in [0.1, 0.15) is 5.58 Å². The molecule has 2 aromatic carbocycles. The Morgan fingerprint density at radius 1 is 1.11 bits per heavy atom. The number of amides is 1. The van der Waals surface area contributed by atoms with Gasteiger partial charge in [0.2, 0.25) is 5.91 Å². The first-order valence-electron chi connectivity index (χ1n) is 9.07. The minimum absolute atomic E-state index is 0.164. The summed E-state index contributed by atoms with van der Waals surface area (Å²) in [7, 11) is 0. The first-order valence-corrected chi connectivity index (χ1v) is 9.07. The molecule has 27 heavy (non-hydrogen) atoms. The summed E-state index contributed by atoms with van der Waals surface area (Å²) in [6.07, 6.45) is 0. The SMILES string of the molecule is CCN(Cc1cccc(C)c1)Cc1cc(=O)oc2cc(NC(C)=O)ccc12. The molecule has 0 saturated carbocycles.